The van der Waals surface area contributed by atoms with Crippen molar-refractivity contribution in [3.8, 4) is 28.5 Å². The van der Waals surface area contributed by atoms with Crippen LogP contribution in [0.25, 0.3) is 44.2 Å². The van der Waals surface area contributed by atoms with E-state index in [-0.39, 0.29) is 0 Å². The first-order valence-corrected chi connectivity index (χ1v) is 12.8. The number of anilines is 1. The van der Waals surface area contributed by atoms with Crippen molar-refractivity contribution in [3.63, 3.8) is 0 Å². The van der Waals surface area contributed by atoms with E-state index >= 15 is 0 Å². The van der Waals surface area contributed by atoms with Crippen LogP contribution >= 0.6 is 0 Å². The molecule has 8 nitrogen and oxygen atoms in total. The van der Waals surface area contributed by atoms with E-state index in [0.717, 1.165) is 49.8 Å². The Morgan fingerprint density at radius 1 is 1.03 bits per heavy atom. The van der Waals surface area contributed by atoms with Crippen molar-refractivity contribution in [2.45, 2.75) is 19.3 Å². The SMILES string of the molecule is CC(C)(C#N)c1ccc(-c2n[nH]c3cnc4ccc(-c5cncc(N[S+](C)(=O)O)c5)cc4c23)cc1. The van der Waals surface area contributed by atoms with Gasteiger partial charge in [-0.2, -0.15) is 19.6 Å². The van der Waals surface area contributed by atoms with E-state index in [1.165, 1.54) is 12.5 Å². The predicted molar refractivity (Wildman–Crippen MR) is 139 cm³/mol. The molecular weight excluding hydrogens is 460 g/mol. The largest absolute Gasteiger partial charge is 0.307 e. The fourth-order valence-electron chi connectivity index (χ4n) is 4.07. The van der Waals surface area contributed by atoms with E-state index in [2.05, 4.69) is 31.0 Å². The van der Waals surface area contributed by atoms with E-state index in [0.29, 0.717) is 5.69 Å². The Bertz CT molecular complexity index is 1660. The molecule has 1 atom stereocenters. The quantitative estimate of drug-likeness (QED) is 0.280. The highest BCUT2D eigenvalue weighted by Gasteiger charge is 2.20. The van der Waals surface area contributed by atoms with Gasteiger partial charge in [0.2, 0.25) is 0 Å². The molecule has 0 saturated carbocycles. The number of hydrogen-bond acceptors (Lipinski definition) is 5. The standard InChI is InChI=1S/C26H22N6O2S/c1-26(2,15-27)19-7-4-16(5-8-19)25-24-21-11-17(6-9-22(21)29-14-23(24)30-31-25)18-10-20(13-28-12-18)32-35(3,33)34/h4-14H,1-3H3,(H2-,30,31,32,33,34)/p+1. The van der Waals surface area contributed by atoms with Crippen LogP contribution < -0.4 is 4.72 Å². The van der Waals surface area contributed by atoms with Gasteiger partial charge in [-0.05, 0) is 47.4 Å². The number of nitrogens with one attached hydrogen (secondary N) is 2. The van der Waals surface area contributed by atoms with E-state index in [1.54, 1.807) is 18.5 Å². The molecule has 5 rings (SSSR count). The Labute approximate surface area is 203 Å². The maximum atomic E-state index is 11.7. The summed E-state index contributed by atoms with van der Waals surface area (Å²) >= 11 is 0. The molecule has 0 aliphatic heterocycles. The fourth-order valence-corrected chi connectivity index (χ4v) is 4.62. The van der Waals surface area contributed by atoms with Gasteiger partial charge in [0.05, 0.1) is 34.9 Å². The van der Waals surface area contributed by atoms with Crippen molar-refractivity contribution < 1.29 is 8.76 Å². The molecule has 35 heavy (non-hydrogen) atoms. The van der Waals surface area contributed by atoms with Crippen molar-refractivity contribution in [1.82, 2.24) is 20.2 Å². The van der Waals surface area contributed by atoms with Crippen molar-refractivity contribution in [2.75, 3.05) is 11.0 Å². The highest BCUT2D eigenvalue weighted by atomic mass is 32.3. The summed E-state index contributed by atoms with van der Waals surface area (Å²) in [6, 6.07) is 17.9. The number of H-pyrrole nitrogens is 1. The predicted octanol–water partition coefficient (Wildman–Crippen LogP) is 5.57. The van der Waals surface area contributed by atoms with Crippen LogP contribution in [-0.2, 0) is 20.0 Å². The molecule has 2 aromatic carbocycles. The van der Waals surface area contributed by atoms with E-state index in [4.69, 9.17) is 0 Å². The first-order chi connectivity index (χ1) is 16.6. The Morgan fingerprint density at radius 2 is 1.77 bits per heavy atom. The summed E-state index contributed by atoms with van der Waals surface area (Å²) in [4.78, 5) is 8.79. The highest BCUT2D eigenvalue weighted by Crippen LogP contribution is 2.35. The summed E-state index contributed by atoms with van der Waals surface area (Å²) < 4.78 is 24.0. The number of aromatic nitrogens is 4. The number of nitriles is 1. The number of pyridine rings is 2. The molecule has 0 aliphatic rings. The third-order valence-electron chi connectivity index (χ3n) is 5.93. The van der Waals surface area contributed by atoms with Crippen LogP contribution in [0.4, 0.5) is 5.69 Å². The molecule has 3 aromatic heterocycles. The number of aromatic amines is 1. The molecule has 0 amide bonds. The number of rotatable bonds is 5. The molecule has 0 saturated heterocycles. The lowest BCUT2D eigenvalue weighted by Gasteiger charge is -2.15. The highest BCUT2D eigenvalue weighted by molar-refractivity contribution is 7.98. The van der Waals surface area contributed by atoms with Gasteiger partial charge >= 0.3 is 10.4 Å². The number of fused-ring (bicyclic) bond motifs is 3. The second-order valence-corrected chi connectivity index (χ2v) is 10.8. The molecule has 174 valence electrons. The minimum atomic E-state index is -3.16. The molecule has 5 aromatic rings. The molecule has 1 unspecified atom stereocenters. The second-order valence-electron chi connectivity index (χ2n) is 9.03. The molecule has 9 heteroatoms. The van der Waals surface area contributed by atoms with Crippen molar-refractivity contribution >= 4 is 37.9 Å². The topological polar surface area (TPSA) is 128 Å². The smallest absolute Gasteiger partial charge is 0.276 e. The van der Waals surface area contributed by atoms with Crippen molar-refractivity contribution in [2.24, 2.45) is 0 Å². The first kappa shape index (κ1) is 22.7. The summed E-state index contributed by atoms with van der Waals surface area (Å²) in [5, 5.41) is 19.0. The summed E-state index contributed by atoms with van der Waals surface area (Å²) in [6.45, 7) is 3.79. The maximum Gasteiger partial charge on any atom is 0.307 e. The van der Waals surface area contributed by atoms with Gasteiger partial charge < -0.3 is 0 Å². The number of nitrogens with zero attached hydrogens (tertiary/aromatic N) is 4. The average Bonchev–Trinajstić information content (AvgIpc) is 3.28. The summed E-state index contributed by atoms with van der Waals surface area (Å²) in [5.74, 6) is 0. The fraction of sp³-hybridized carbons (Fsp3) is 0.154. The van der Waals surface area contributed by atoms with Crippen molar-refractivity contribution in [1.29, 1.82) is 5.26 Å². The number of hydrogen-bond donors (Lipinski definition) is 3. The molecule has 3 heterocycles. The van der Waals surface area contributed by atoms with Crippen LogP contribution in [0.2, 0.25) is 0 Å². The molecule has 0 aliphatic carbocycles. The molecule has 0 fully saturated rings. The number of benzene rings is 2. The van der Waals surface area contributed by atoms with E-state index in [1.807, 2.05) is 56.3 Å². The molecule has 3 N–H and O–H groups in total. The Kier molecular flexibility index (Phi) is 5.35. The Hall–Kier alpha value is -4.13. The van der Waals surface area contributed by atoms with Gasteiger partial charge in [-0.15, -0.1) is 0 Å². The maximum absolute atomic E-state index is 11.7. The Morgan fingerprint density at radius 3 is 2.49 bits per heavy atom. The summed E-state index contributed by atoms with van der Waals surface area (Å²) in [7, 11) is -3.16. The van der Waals surface area contributed by atoms with Gasteiger partial charge in [-0.25, -0.2) is 0 Å². The van der Waals surface area contributed by atoms with Gasteiger partial charge in [0.15, 0.2) is 6.26 Å². The van der Waals surface area contributed by atoms with Gasteiger partial charge in [0.25, 0.3) is 0 Å². The molecule has 0 radical (unpaired) electrons. The average molecular weight is 484 g/mol. The first-order valence-electron chi connectivity index (χ1n) is 10.9. The third-order valence-corrected chi connectivity index (χ3v) is 6.55. The lowest BCUT2D eigenvalue weighted by atomic mass is 9.86. The third kappa shape index (κ3) is 4.37. The van der Waals surface area contributed by atoms with Crippen molar-refractivity contribution in [3.05, 3.63) is 72.7 Å². The second kappa shape index (κ2) is 8.27. The zero-order valence-electron chi connectivity index (χ0n) is 19.4. The summed E-state index contributed by atoms with van der Waals surface area (Å²) in [6.07, 6.45) is 6.20. The van der Waals surface area contributed by atoms with Gasteiger partial charge in [0, 0.05) is 28.1 Å². The molecule has 0 spiro atoms. The lowest BCUT2D eigenvalue weighted by Crippen LogP contribution is -2.17. The Balaban J connectivity index is 1.63. The van der Waals surface area contributed by atoms with Crippen LogP contribution in [0.1, 0.15) is 19.4 Å². The van der Waals surface area contributed by atoms with Gasteiger partial charge in [-0.1, -0.05) is 30.3 Å². The normalized spacial score (nSPS) is 13.5. The molecule has 0 bridgehead atoms. The van der Waals surface area contributed by atoms with Crippen LogP contribution in [0.3, 0.4) is 0 Å². The minimum absolute atomic E-state index is 0.457. The zero-order chi connectivity index (χ0) is 24.8. The van der Waals surface area contributed by atoms with E-state index < -0.39 is 15.8 Å². The van der Waals surface area contributed by atoms with E-state index in [9.17, 15) is 14.0 Å². The zero-order valence-corrected chi connectivity index (χ0v) is 20.2. The van der Waals surface area contributed by atoms with Gasteiger partial charge in [0.1, 0.15) is 11.4 Å². The van der Waals surface area contributed by atoms with Crippen LogP contribution in [-0.4, -0.2) is 31.0 Å². The van der Waals surface area contributed by atoms with Crippen LogP contribution in [0.15, 0.2) is 67.1 Å². The minimum Gasteiger partial charge on any atom is -0.276 e. The van der Waals surface area contributed by atoms with Crippen LogP contribution in [0, 0.1) is 11.3 Å². The monoisotopic (exact) mass is 483 g/mol. The lowest BCUT2D eigenvalue weighted by molar-refractivity contribution is 0.509. The van der Waals surface area contributed by atoms with Crippen LogP contribution in [0.5, 0.6) is 0 Å². The summed E-state index contributed by atoms with van der Waals surface area (Å²) in [5.41, 5.74) is 5.87. The molecular formula is C26H23N6O2S+. The van der Waals surface area contributed by atoms with Gasteiger partial charge in [-0.3, -0.25) is 15.1 Å².